The summed E-state index contributed by atoms with van der Waals surface area (Å²) in [6, 6.07) is 11.6. The first-order chi connectivity index (χ1) is 10.2. The Hall–Kier alpha value is -1.85. The molecule has 2 aromatic carbocycles. The molecule has 6 heteroatoms. The molecule has 0 heterocycles. The Kier molecular flexibility index (Phi) is 4.58. The smallest absolute Gasteiger partial charge is 0.259 e. The van der Waals surface area contributed by atoms with Crippen molar-refractivity contribution in [3.8, 4) is 0 Å². The molecule has 0 aliphatic heterocycles. The number of carbonyl (C=O) groups excluding carboxylic acids is 1. The lowest BCUT2D eigenvalue weighted by Crippen LogP contribution is -2.26. The van der Waals surface area contributed by atoms with E-state index in [0.717, 1.165) is 11.8 Å². The van der Waals surface area contributed by atoms with Gasteiger partial charge in [0.05, 0.1) is 15.5 Å². The molecule has 4 nitrogen and oxygen atoms in total. The van der Waals surface area contributed by atoms with Crippen LogP contribution in [-0.4, -0.2) is 27.6 Å². The summed E-state index contributed by atoms with van der Waals surface area (Å²) in [5, 5.41) is 0.219. The predicted octanol–water partition coefficient (Wildman–Crippen LogP) is 3.33. The second-order valence-corrected chi connectivity index (χ2v) is 7.54. The van der Waals surface area contributed by atoms with Crippen LogP contribution in [0.15, 0.2) is 47.4 Å². The number of halogens is 1. The second-order valence-electron chi connectivity index (χ2n) is 5.11. The van der Waals surface area contributed by atoms with E-state index in [1.54, 1.807) is 7.05 Å². The fourth-order valence-electron chi connectivity index (χ4n) is 1.97. The molecule has 116 valence electrons. The van der Waals surface area contributed by atoms with Crippen molar-refractivity contribution in [1.82, 2.24) is 0 Å². The second kappa shape index (κ2) is 6.10. The van der Waals surface area contributed by atoms with Gasteiger partial charge in [0.15, 0.2) is 9.84 Å². The monoisotopic (exact) mass is 337 g/mol. The topological polar surface area (TPSA) is 54.5 Å². The van der Waals surface area contributed by atoms with Crippen LogP contribution in [0.2, 0.25) is 5.02 Å². The Morgan fingerprint density at radius 1 is 1.09 bits per heavy atom. The number of benzene rings is 2. The van der Waals surface area contributed by atoms with E-state index in [-0.39, 0.29) is 21.4 Å². The van der Waals surface area contributed by atoms with Crippen LogP contribution < -0.4 is 4.90 Å². The Balaban J connectivity index is 2.42. The highest BCUT2D eigenvalue weighted by Gasteiger charge is 2.19. The summed E-state index contributed by atoms with van der Waals surface area (Å²) >= 11 is 6.06. The molecule has 0 radical (unpaired) electrons. The van der Waals surface area contributed by atoms with Gasteiger partial charge >= 0.3 is 0 Å². The normalized spacial score (nSPS) is 11.3. The molecule has 2 rings (SSSR count). The highest BCUT2D eigenvalue weighted by atomic mass is 35.5. The maximum Gasteiger partial charge on any atom is 0.259 e. The molecule has 1 amide bonds. The SMILES string of the molecule is Cc1ccc(N(C)C(=O)c2cc(S(C)(=O)=O)ccc2Cl)cc1. The summed E-state index contributed by atoms with van der Waals surface area (Å²) in [7, 11) is -1.78. The molecule has 0 fully saturated rings. The molecule has 22 heavy (non-hydrogen) atoms. The lowest BCUT2D eigenvalue weighted by Gasteiger charge is -2.18. The van der Waals surface area contributed by atoms with E-state index >= 15 is 0 Å². The van der Waals surface area contributed by atoms with Crippen LogP contribution in [0.5, 0.6) is 0 Å². The van der Waals surface area contributed by atoms with Crippen molar-refractivity contribution in [2.45, 2.75) is 11.8 Å². The fourth-order valence-corrected chi connectivity index (χ4v) is 2.81. The van der Waals surface area contributed by atoms with Gasteiger partial charge in [-0.2, -0.15) is 0 Å². The Bertz CT molecular complexity index is 814. The Morgan fingerprint density at radius 2 is 1.68 bits per heavy atom. The minimum atomic E-state index is -3.40. The number of nitrogens with zero attached hydrogens (tertiary/aromatic N) is 1. The first-order valence-corrected chi connectivity index (χ1v) is 8.81. The third kappa shape index (κ3) is 3.48. The molecule has 0 aromatic heterocycles. The molecule has 2 aromatic rings. The van der Waals surface area contributed by atoms with Crippen LogP contribution in [0.4, 0.5) is 5.69 Å². The highest BCUT2D eigenvalue weighted by molar-refractivity contribution is 7.90. The molecular formula is C16H16ClNO3S. The van der Waals surface area contributed by atoms with E-state index < -0.39 is 9.84 Å². The third-order valence-corrected chi connectivity index (χ3v) is 4.76. The molecule has 0 aliphatic rings. The molecule has 0 spiro atoms. The molecule has 0 bridgehead atoms. The molecule has 0 saturated carbocycles. The van der Waals surface area contributed by atoms with Crippen molar-refractivity contribution in [3.63, 3.8) is 0 Å². The van der Waals surface area contributed by atoms with Gasteiger partial charge in [-0.1, -0.05) is 29.3 Å². The zero-order valence-electron chi connectivity index (χ0n) is 12.5. The minimum absolute atomic E-state index is 0.0672. The summed E-state index contributed by atoms with van der Waals surface area (Å²) in [5.41, 5.74) is 1.95. The van der Waals surface area contributed by atoms with E-state index in [1.807, 2.05) is 31.2 Å². The zero-order chi connectivity index (χ0) is 16.5. The summed E-state index contributed by atoms with van der Waals surface area (Å²) in [6.07, 6.45) is 1.09. The quantitative estimate of drug-likeness (QED) is 0.863. The van der Waals surface area contributed by atoms with Crippen LogP contribution in [0, 0.1) is 6.92 Å². The maximum absolute atomic E-state index is 12.6. The summed E-state index contributed by atoms with van der Waals surface area (Å²) in [6.45, 7) is 1.96. The van der Waals surface area contributed by atoms with Gasteiger partial charge in [-0.25, -0.2) is 8.42 Å². The van der Waals surface area contributed by atoms with Crippen molar-refractivity contribution in [1.29, 1.82) is 0 Å². The van der Waals surface area contributed by atoms with E-state index in [1.165, 1.54) is 23.1 Å². The summed E-state index contributed by atoms with van der Waals surface area (Å²) in [4.78, 5) is 14.1. The summed E-state index contributed by atoms with van der Waals surface area (Å²) < 4.78 is 23.3. The van der Waals surface area contributed by atoms with Gasteiger partial charge in [0, 0.05) is 19.0 Å². The number of anilines is 1. The first kappa shape index (κ1) is 16.5. The van der Waals surface area contributed by atoms with E-state index in [2.05, 4.69) is 0 Å². The molecule has 0 unspecified atom stereocenters. The maximum atomic E-state index is 12.6. The van der Waals surface area contributed by atoms with E-state index in [0.29, 0.717) is 5.69 Å². The molecular weight excluding hydrogens is 322 g/mol. The molecule has 0 saturated heterocycles. The predicted molar refractivity (Wildman–Crippen MR) is 88.5 cm³/mol. The number of amides is 1. The van der Waals surface area contributed by atoms with Gasteiger partial charge in [0.1, 0.15) is 0 Å². The van der Waals surface area contributed by atoms with Crippen LogP contribution >= 0.6 is 11.6 Å². The number of aryl methyl sites for hydroxylation is 1. The lowest BCUT2D eigenvalue weighted by atomic mass is 10.1. The Morgan fingerprint density at radius 3 is 2.23 bits per heavy atom. The van der Waals surface area contributed by atoms with Crippen LogP contribution in [0.3, 0.4) is 0 Å². The zero-order valence-corrected chi connectivity index (χ0v) is 14.1. The molecule has 0 atom stereocenters. The Labute approximate surface area is 135 Å². The van der Waals surface area contributed by atoms with Gasteiger partial charge in [-0.15, -0.1) is 0 Å². The fraction of sp³-hybridized carbons (Fsp3) is 0.188. The van der Waals surface area contributed by atoms with Crippen molar-refractivity contribution in [2.24, 2.45) is 0 Å². The van der Waals surface area contributed by atoms with Gasteiger partial charge < -0.3 is 4.90 Å². The van der Waals surface area contributed by atoms with Crippen LogP contribution in [-0.2, 0) is 9.84 Å². The highest BCUT2D eigenvalue weighted by Crippen LogP contribution is 2.24. The molecule has 0 aliphatic carbocycles. The van der Waals surface area contributed by atoms with Crippen molar-refractivity contribution in [2.75, 3.05) is 18.2 Å². The van der Waals surface area contributed by atoms with Gasteiger partial charge in [-0.05, 0) is 37.3 Å². The minimum Gasteiger partial charge on any atom is -0.311 e. The average molecular weight is 338 g/mol. The van der Waals surface area contributed by atoms with Gasteiger partial charge in [0.2, 0.25) is 0 Å². The molecule has 0 N–H and O–H groups in total. The van der Waals surface area contributed by atoms with Crippen LogP contribution in [0.25, 0.3) is 0 Å². The van der Waals surface area contributed by atoms with E-state index in [9.17, 15) is 13.2 Å². The number of sulfone groups is 1. The van der Waals surface area contributed by atoms with Gasteiger partial charge in [-0.3, -0.25) is 4.79 Å². The number of hydrogen-bond acceptors (Lipinski definition) is 3. The van der Waals surface area contributed by atoms with Crippen molar-refractivity contribution >= 4 is 33.0 Å². The van der Waals surface area contributed by atoms with Crippen molar-refractivity contribution in [3.05, 3.63) is 58.6 Å². The lowest BCUT2D eigenvalue weighted by molar-refractivity contribution is 0.0993. The number of rotatable bonds is 3. The van der Waals surface area contributed by atoms with Gasteiger partial charge in [0.25, 0.3) is 5.91 Å². The standard InChI is InChI=1S/C16H16ClNO3S/c1-11-4-6-12(7-5-11)18(2)16(19)14-10-13(22(3,20)21)8-9-15(14)17/h4-10H,1-3H3. The third-order valence-electron chi connectivity index (χ3n) is 3.32. The number of carbonyl (C=O) groups is 1. The van der Waals surface area contributed by atoms with Crippen LogP contribution in [0.1, 0.15) is 15.9 Å². The van der Waals surface area contributed by atoms with E-state index in [4.69, 9.17) is 11.6 Å². The largest absolute Gasteiger partial charge is 0.311 e. The van der Waals surface area contributed by atoms with Crippen molar-refractivity contribution < 1.29 is 13.2 Å². The average Bonchev–Trinajstić information content (AvgIpc) is 2.46. The first-order valence-electron chi connectivity index (χ1n) is 6.54. The summed E-state index contributed by atoms with van der Waals surface area (Å²) in [5.74, 6) is -0.362. The number of hydrogen-bond donors (Lipinski definition) is 0.